The normalized spacial score (nSPS) is 18.7. The smallest absolute Gasteiger partial charge is 0.260 e. The van der Waals surface area contributed by atoms with Gasteiger partial charge in [-0.25, -0.2) is 9.97 Å². The molecule has 0 N–H and O–H groups in total. The Labute approximate surface area is 164 Å². The predicted molar refractivity (Wildman–Crippen MR) is 102 cm³/mol. The third-order valence-corrected chi connectivity index (χ3v) is 5.37. The molecule has 1 atom stereocenters. The highest BCUT2D eigenvalue weighted by atomic mass is 16.5. The van der Waals surface area contributed by atoms with Crippen LogP contribution >= 0.6 is 0 Å². The molecular formula is C21H24N4O3. The molecule has 7 heteroatoms. The molecule has 4 rings (SSSR count). The fraction of sp³-hybridized carbons (Fsp3) is 0.429. The fourth-order valence-electron chi connectivity index (χ4n) is 3.87. The van der Waals surface area contributed by atoms with Crippen LogP contribution in [0.4, 0.5) is 0 Å². The molecular weight excluding hydrogens is 356 g/mol. The molecule has 0 bridgehead atoms. The first-order chi connectivity index (χ1) is 13.6. The zero-order chi connectivity index (χ0) is 19.5. The fourth-order valence-corrected chi connectivity index (χ4v) is 3.87. The van der Waals surface area contributed by atoms with Crippen LogP contribution < -0.4 is 4.74 Å². The van der Waals surface area contributed by atoms with Gasteiger partial charge >= 0.3 is 0 Å². The first-order valence-electron chi connectivity index (χ1n) is 9.69. The van der Waals surface area contributed by atoms with Crippen LogP contribution in [-0.2, 0) is 22.6 Å². The lowest BCUT2D eigenvalue weighted by atomic mass is 10.1. The molecule has 1 fully saturated rings. The van der Waals surface area contributed by atoms with Gasteiger partial charge in [0, 0.05) is 44.7 Å². The van der Waals surface area contributed by atoms with Gasteiger partial charge < -0.3 is 14.5 Å². The van der Waals surface area contributed by atoms with E-state index >= 15 is 0 Å². The number of hydrogen-bond donors (Lipinski definition) is 0. The van der Waals surface area contributed by atoms with E-state index in [0.717, 1.165) is 36.5 Å². The van der Waals surface area contributed by atoms with Gasteiger partial charge in [0.15, 0.2) is 12.4 Å². The van der Waals surface area contributed by atoms with E-state index in [0.29, 0.717) is 25.3 Å². The van der Waals surface area contributed by atoms with Crippen molar-refractivity contribution >= 4 is 11.8 Å². The van der Waals surface area contributed by atoms with Gasteiger partial charge in [-0.2, -0.15) is 0 Å². The van der Waals surface area contributed by atoms with E-state index in [-0.39, 0.29) is 24.5 Å². The van der Waals surface area contributed by atoms with Crippen LogP contribution in [0, 0.1) is 0 Å². The number of aromatic nitrogens is 2. The molecule has 0 unspecified atom stereocenters. The van der Waals surface area contributed by atoms with Gasteiger partial charge in [0.25, 0.3) is 5.91 Å². The SMILES string of the molecule is CC(=O)N1CCC[C@@H]1c1ncc2c(n1)CCN(C(=O)COc1ccccc1)C2. The van der Waals surface area contributed by atoms with Crippen molar-refractivity contribution in [2.75, 3.05) is 19.7 Å². The first-order valence-corrected chi connectivity index (χ1v) is 9.69. The lowest BCUT2D eigenvalue weighted by molar-refractivity contribution is -0.134. The van der Waals surface area contributed by atoms with Crippen molar-refractivity contribution in [3.05, 3.63) is 53.6 Å². The highest BCUT2D eigenvalue weighted by Crippen LogP contribution is 2.30. The van der Waals surface area contributed by atoms with Gasteiger partial charge in [-0.3, -0.25) is 9.59 Å². The predicted octanol–water partition coefficient (Wildman–Crippen LogP) is 2.12. The summed E-state index contributed by atoms with van der Waals surface area (Å²) in [5.74, 6) is 1.43. The van der Waals surface area contributed by atoms with Gasteiger partial charge in [-0.1, -0.05) is 18.2 Å². The van der Waals surface area contributed by atoms with E-state index in [1.807, 2.05) is 41.4 Å². The first kappa shape index (κ1) is 18.4. The number of carbonyl (C=O) groups excluding carboxylic acids is 2. The summed E-state index contributed by atoms with van der Waals surface area (Å²) in [5, 5.41) is 0. The Morgan fingerprint density at radius 1 is 1.21 bits per heavy atom. The van der Waals surface area contributed by atoms with Crippen molar-refractivity contribution in [3.63, 3.8) is 0 Å². The zero-order valence-electron chi connectivity index (χ0n) is 16.0. The third-order valence-electron chi connectivity index (χ3n) is 5.37. The lowest BCUT2D eigenvalue weighted by Gasteiger charge is -2.29. The molecule has 3 heterocycles. The molecule has 2 amide bonds. The average molecular weight is 380 g/mol. The molecule has 7 nitrogen and oxygen atoms in total. The molecule has 0 radical (unpaired) electrons. The van der Waals surface area contributed by atoms with Crippen LogP contribution in [0.3, 0.4) is 0 Å². The van der Waals surface area contributed by atoms with Gasteiger partial charge in [0.2, 0.25) is 5.91 Å². The molecule has 0 aliphatic carbocycles. The van der Waals surface area contributed by atoms with E-state index in [1.165, 1.54) is 0 Å². The number of benzene rings is 1. The number of amides is 2. The second-order valence-electron chi connectivity index (χ2n) is 7.24. The van der Waals surface area contributed by atoms with Crippen molar-refractivity contribution in [1.82, 2.24) is 19.8 Å². The maximum atomic E-state index is 12.5. The van der Waals surface area contributed by atoms with Crippen LogP contribution in [0.5, 0.6) is 5.75 Å². The van der Waals surface area contributed by atoms with Crippen molar-refractivity contribution in [2.45, 2.75) is 38.8 Å². The Morgan fingerprint density at radius 2 is 2.04 bits per heavy atom. The van der Waals surface area contributed by atoms with Crippen LogP contribution in [0.1, 0.15) is 42.9 Å². The summed E-state index contributed by atoms with van der Waals surface area (Å²) < 4.78 is 5.57. The van der Waals surface area contributed by atoms with E-state index < -0.39 is 0 Å². The van der Waals surface area contributed by atoms with Crippen molar-refractivity contribution < 1.29 is 14.3 Å². The summed E-state index contributed by atoms with van der Waals surface area (Å²) in [7, 11) is 0. The van der Waals surface area contributed by atoms with Crippen molar-refractivity contribution in [3.8, 4) is 5.75 Å². The number of carbonyl (C=O) groups is 2. The molecule has 2 aromatic rings. The molecule has 146 valence electrons. The minimum atomic E-state index is -0.0443. The van der Waals surface area contributed by atoms with E-state index in [2.05, 4.69) is 4.98 Å². The molecule has 1 saturated heterocycles. The zero-order valence-corrected chi connectivity index (χ0v) is 16.0. The molecule has 0 spiro atoms. The molecule has 0 saturated carbocycles. The molecule has 28 heavy (non-hydrogen) atoms. The second kappa shape index (κ2) is 7.96. The van der Waals surface area contributed by atoms with Gasteiger partial charge in [-0.05, 0) is 25.0 Å². The Bertz CT molecular complexity index is 871. The van der Waals surface area contributed by atoms with E-state index in [9.17, 15) is 9.59 Å². The van der Waals surface area contributed by atoms with E-state index in [1.54, 1.807) is 11.8 Å². The number of likely N-dealkylation sites (tertiary alicyclic amines) is 1. The number of fused-ring (bicyclic) bond motifs is 1. The summed E-state index contributed by atoms with van der Waals surface area (Å²) in [4.78, 5) is 37.2. The van der Waals surface area contributed by atoms with Crippen molar-refractivity contribution in [1.29, 1.82) is 0 Å². The Balaban J connectivity index is 1.40. The highest BCUT2D eigenvalue weighted by Gasteiger charge is 2.31. The molecule has 1 aromatic carbocycles. The Morgan fingerprint density at radius 3 is 2.82 bits per heavy atom. The minimum Gasteiger partial charge on any atom is -0.484 e. The van der Waals surface area contributed by atoms with Crippen LogP contribution in [0.2, 0.25) is 0 Å². The van der Waals surface area contributed by atoms with Crippen LogP contribution in [0.15, 0.2) is 36.5 Å². The summed E-state index contributed by atoms with van der Waals surface area (Å²) in [6.45, 7) is 3.49. The van der Waals surface area contributed by atoms with Gasteiger partial charge in [0.05, 0.1) is 11.7 Å². The van der Waals surface area contributed by atoms with Gasteiger partial charge in [0.1, 0.15) is 5.75 Å². The largest absolute Gasteiger partial charge is 0.484 e. The lowest BCUT2D eigenvalue weighted by Crippen LogP contribution is -2.39. The van der Waals surface area contributed by atoms with E-state index in [4.69, 9.17) is 9.72 Å². The topological polar surface area (TPSA) is 75.6 Å². The summed E-state index contributed by atoms with van der Waals surface area (Å²) in [5.41, 5.74) is 1.95. The minimum absolute atomic E-state index is 0.0218. The number of hydrogen-bond acceptors (Lipinski definition) is 5. The summed E-state index contributed by atoms with van der Waals surface area (Å²) >= 11 is 0. The molecule has 2 aliphatic heterocycles. The number of nitrogens with zero attached hydrogens (tertiary/aromatic N) is 4. The highest BCUT2D eigenvalue weighted by molar-refractivity contribution is 5.78. The van der Waals surface area contributed by atoms with Crippen LogP contribution in [-0.4, -0.2) is 51.3 Å². The number of rotatable bonds is 4. The molecule has 2 aliphatic rings. The Kier molecular flexibility index (Phi) is 5.23. The Hall–Kier alpha value is -2.96. The van der Waals surface area contributed by atoms with Crippen LogP contribution in [0.25, 0.3) is 0 Å². The maximum Gasteiger partial charge on any atom is 0.260 e. The number of para-hydroxylation sites is 1. The maximum absolute atomic E-state index is 12.5. The summed E-state index contributed by atoms with van der Waals surface area (Å²) in [6.07, 6.45) is 4.38. The monoisotopic (exact) mass is 380 g/mol. The second-order valence-corrected chi connectivity index (χ2v) is 7.24. The quantitative estimate of drug-likeness (QED) is 0.812. The number of ether oxygens (including phenoxy) is 1. The third kappa shape index (κ3) is 3.83. The van der Waals surface area contributed by atoms with Gasteiger partial charge in [-0.15, -0.1) is 0 Å². The average Bonchev–Trinajstić information content (AvgIpc) is 3.22. The standard InChI is InChI=1S/C21H24N4O3/c1-15(26)25-10-5-8-19(25)21-22-12-16-13-24(11-9-18(16)23-21)20(27)14-28-17-6-3-2-4-7-17/h2-4,6-7,12,19H,5,8-11,13-14H2,1H3/t19-/m1/s1. The summed E-state index contributed by atoms with van der Waals surface area (Å²) in [6, 6.07) is 9.31. The van der Waals surface area contributed by atoms with Crippen molar-refractivity contribution in [2.24, 2.45) is 0 Å². The molecule has 1 aromatic heterocycles.